The fraction of sp³-hybridized carbons (Fsp3) is 0.273. The summed E-state index contributed by atoms with van der Waals surface area (Å²) in [5, 5.41) is 13.1. The predicted molar refractivity (Wildman–Crippen MR) is 116 cm³/mol. The normalized spacial score (nSPS) is 15.5. The molecule has 1 aromatic heterocycles. The van der Waals surface area contributed by atoms with Crippen molar-refractivity contribution in [2.24, 2.45) is 5.10 Å². The molecule has 1 unspecified atom stereocenters. The van der Waals surface area contributed by atoms with Gasteiger partial charge in [-0.25, -0.2) is 19.5 Å². The maximum atomic E-state index is 12.6. The zero-order valence-electron chi connectivity index (χ0n) is 17.9. The molecule has 1 aliphatic rings. The van der Waals surface area contributed by atoms with Crippen LogP contribution in [0, 0.1) is 0 Å². The molecule has 2 heterocycles. The first-order chi connectivity index (χ1) is 15.0. The molecular weight excluding hydrogens is 396 g/mol. The van der Waals surface area contributed by atoms with E-state index in [9.17, 15) is 4.79 Å². The van der Waals surface area contributed by atoms with Gasteiger partial charge >= 0.3 is 6.03 Å². The lowest BCUT2D eigenvalue weighted by atomic mass is 9.94. The fourth-order valence-corrected chi connectivity index (χ4v) is 3.66. The van der Waals surface area contributed by atoms with Crippen molar-refractivity contribution in [3.05, 3.63) is 65.7 Å². The Morgan fingerprint density at radius 3 is 2.45 bits per heavy atom. The van der Waals surface area contributed by atoms with Crippen LogP contribution in [-0.4, -0.2) is 58.8 Å². The molecule has 1 aliphatic heterocycles. The minimum absolute atomic E-state index is 0.149. The van der Waals surface area contributed by atoms with Crippen LogP contribution >= 0.6 is 0 Å². The molecular formula is C22H24N6O3. The number of aromatic nitrogens is 3. The summed E-state index contributed by atoms with van der Waals surface area (Å²) in [4.78, 5) is 16.5. The number of nitrogens with one attached hydrogen (secondary N) is 1. The number of rotatable bonds is 4. The van der Waals surface area contributed by atoms with Crippen LogP contribution in [-0.2, 0) is 6.42 Å². The van der Waals surface area contributed by atoms with E-state index in [1.54, 1.807) is 32.3 Å². The van der Waals surface area contributed by atoms with Crippen molar-refractivity contribution in [3.8, 4) is 17.2 Å². The largest absolute Gasteiger partial charge is 0.493 e. The lowest BCUT2D eigenvalue weighted by Crippen LogP contribution is -2.41. The molecule has 0 radical (unpaired) electrons. The van der Waals surface area contributed by atoms with Gasteiger partial charge in [-0.15, -0.1) is 0 Å². The van der Waals surface area contributed by atoms with Gasteiger partial charge in [0.05, 0.1) is 31.7 Å². The van der Waals surface area contributed by atoms with E-state index >= 15 is 0 Å². The van der Waals surface area contributed by atoms with Gasteiger partial charge in [-0.05, 0) is 43.2 Å². The third-order valence-corrected chi connectivity index (χ3v) is 5.25. The van der Waals surface area contributed by atoms with Gasteiger partial charge in [0, 0.05) is 18.2 Å². The molecule has 2 amide bonds. The third-order valence-electron chi connectivity index (χ3n) is 5.25. The molecule has 0 fully saturated rings. The van der Waals surface area contributed by atoms with Crippen LogP contribution in [0.4, 0.5) is 4.79 Å². The van der Waals surface area contributed by atoms with Crippen LogP contribution in [0.1, 0.15) is 23.6 Å². The smallest absolute Gasteiger partial charge is 0.337 e. The molecule has 0 spiro atoms. The topological polar surface area (TPSA) is 93.9 Å². The molecule has 9 nitrogen and oxygen atoms in total. The molecule has 0 saturated heterocycles. The standard InChI is InChI=1S/C22H24N6O3/c1-14-9-16-10-19(30-3)20(31-4)11-18(16)21(26-28(14)22(29)23-2)15-5-7-17(8-6-15)27-13-24-12-25-27/h5-8,10-14H,9H2,1-4H3,(H,23,29). The molecule has 3 aromatic rings. The van der Waals surface area contributed by atoms with Crippen molar-refractivity contribution < 1.29 is 14.3 Å². The number of ether oxygens (including phenoxy) is 2. The Bertz CT molecular complexity index is 1110. The van der Waals surface area contributed by atoms with Crippen LogP contribution in [0.3, 0.4) is 0 Å². The highest BCUT2D eigenvalue weighted by Crippen LogP contribution is 2.34. The van der Waals surface area contributed by atoms with Gasteiger partial charge in [0.25, 0.3) is 0 Å². The van der Waals surface area contributed by atoms with E-state index < -0.39 is 0 Å². The molecule has 4 rings (SSSR count). The summed E-state index contributed by atoms with van der Waals surface area (Å²) in [6.07, 6.45) is 3.74. The number of carbonyl (C=O) groups excluding carboxylic acids is 1. The molecule has 1 atom stereocenters. The van der Waals surface area contributed by atoms with Crippen molar-refractivity contribution >= 4 is 11.7 Å². The summed E-state index contributed by atoms with van der Waals surface area (Å²) in [6.45, 7) is 1.97. The highest BCUT2D eigenvalue weighted by atomic mass is 16.5. The number of hydrazone groups is 1. The Labute approximate surface area is 180 Å². The van der Waals surface area contributed by atoms with Gasteiger partial charge < -0.3 is 14.8 Å². The SMILES string of the molecule is CNC(=O)N1N=C(c2ccc(-n3cncn3)cc2)c2cc(OC)c(OC)cc2CC1C. The highest BCUT2D eigenvalue weighted by Gasteiger charge is 2.28. The van der Waals surface area contributed by atoms with Crippen LogP contribution < -0.4 is 14.8 Å². The van der Waals surface area contributed by atoms with E-state index in [2.05, 4.69) is 15.4 Å². The zero-order valence-corrected chi connectivity index (χ0v) is 17.9. The predicted octanol–water partition coefficient (Wildman–Crippen LogP) is 2.62. The van der Waals surface area contributed by atoms with E-state index in [0.29, 0.717) is 23.6 Å². The van der Waals surface area contributed by atoms with E-state index in [-0.39, 0.29) is 12.1 Å². The van der Waals surface area contributed by atoms with Crippen molar-refractivity contribution in [1.29, 1.82) is 0 Å². The number of hydrogen-bond donors (Lipinski definition) is 1. The van der Waals surface area contributed by atoms with Gasteiger partial charge in [0.2, 0.25) is 0 Å². The molecule has 31 heavy (non-hydrogen) atoms. The average Bonchev–Trinajstić information content (AvgIpc) is 3.30. The first-order valence-electron chi connectivity index (χ1n) is 9.86. The summed E-state index contributed by atoms with van der Waals surface area (Å²) in [6, 6.07) is 11.2. The number of nitrogens with zero attached hydrogens (tertiary/aromatic N) is 5. The Morgan fingerprint density at radius 2 is 1.84 bits per heavy atom. The fourth-order valence-electron chi connectivity index (χ4n) is 3.66. The number of hydrogen-bond acceptors (Lipinski definition) is 6. The van der Waals surface area contributed by atoms with Gasteiger partial charge in [-0.1, -0.05) is 12.1 Å². The van der Waals surface area contributed by atoms with Crippen LogP contribution in [0.5, 0.6) is 11.5 Å². The van der Waals surface area contributed by atoms with Crippen LogP contribution in [0.15, 0.2) is 54.2 Å². The number of fused-ring (bicyclic) bond motifs is 1. The minimum Gasteiger partial charge on any atom is -0.493 e. The number of carbonyl (C=O) groups is 1. The second-order valence-electron chi connectivity index (χ2n) is 7.15. The lowest BCUT2D eigenvalue weighted by molar-refractivity contribution is 0.184. The zero-order chi connectivity index (χ0) is 22.0. The average molecular weight is 420 g/mol. The third kappa shape index (κ3) is 3.81. The van der Waals surface area contributed by atoms with Crippen molar-refractivity contribution in [1.82, 2.24) is 25.1 Å². The summed E-state index contributed by atoms with van der Waals surface area (Å²) < 4.78 is 12.7. The molecule has 0 saturated carbocycles. The first kappa shape index (κ1) is 20.4. The Balaban J connectivity index is 1.87. The summed E-state index contributed by atoms with van der Waals surface area (Å²) in [5.41, 5.74) is 4.33. The van der Waals surface area contributed by atoms with Crippen molar-refractivity contribution in [2.45, 2.75) is 19.4 Å². The molecule has 9 heteroatoms. The maximum Gasteiger partial charge on any atom is 0.337 e. The molecule has 0 bridgehead atoms. The molecule has 160 valence electrons. The number of benzene rings is 2. The van der Waals surface area contributed by atoms with Gasteiger partial charge in [-0.2, -0.15) is 10.2 Å². The highest BCUT2D eigenvalue weighted by molar-refractivity contribution is 6.14. The second-order valence-corrected chi connectivity index (χ2v) is 7.15. The van der Waals surface area contributed by atoms with Gasteiger partial charge in [-0.3, -0.25) is 0 Å². The second kappa shape index (κ2) is 8.47. The Kier molecular flexibility index (Phi) is 5.57. The van der Waals surface area contributed by atoms with Gasteiger partial charge in [0.15, 0.2) is 11.5 Å². The Morgan fingerprint density at radius 1 is 1.13 bits per heavy atom. The molecule has 1 N–H and O–H groups in total. The molecule has 2 aromatic carbocycles. The molecule has 0 aliphatic carbocycles. The van der Waals surface area contributed by atoms with Crippen molar-refractivity contribution in [3.63, 3.8) is 0 Å². The lowest BCUT2D eigenvalue weighted by Gasteiger charge is -2.22. The van der Waals surface area contributed by atoms with Crippen LogP contribution in [0.25, 0.3) is 5.69 Å². The van der Waals surface area contributed by atoms with E-state index in [1.165, 1.54) is 11.3 Å². The van der Waals surface area contributed by atoms with Gasteiger partial charge in [0.1, 0.15) is 12.7 Å². The van der Waals surface area contributed by atoms with E-state index in [1.807, 2.05) is 43.3 Å². The van der Waals surface area contributed by atoms with Crippen LogP contribution in [0.2, 0.25) is 0 Å². The number of amides is 2. The summed E-state index contributed by atoms with van der Waals surface area (Å²) in [5.74, 6) is 1.25. The Hall–Kier alpha value is -3.88. The minimum atomic E-state index is -0.268. The van der Waals surface area contributed by atoms with E-state index in [4.69, 9.17) is 14.6 Å². The quantitative estimate of drug-likeness (QED) is 0.700. The number of urea groups is 1. The first-order valence-corrected chi connectivity index (χ1v) is 9.86. The number of methoxy groups -OCH3 is 2. The van der Waals surface area contributed by atoms with E-state index in [0.717, 1.165) is 22.4 Å². The maximum absolute atomic E-state index is 12.6. The monoisotopic (exact) mass is 420 g/mol. The summed E-state index contributed by atoms with van der Waals surface area (Å²) >= 11 is 0. The summed E-state index contributed by atoms with van der Waals surface area (Å²) in [7, 11) is 4.81. The van der Waals surface area contributed by atoms with Crippen molar-refractivity contribution in [2.75, 3.05) is 21.3 Å².